The molecule has 0 aliphatic heterocycles. The molecule has 2 amide bonds. The molecule has 8 heteroatoms. The highest BCUT2D eigenvalue weighted by atomic mass is 32.1. The van der Waals surface area contributed by atoms with E-state index in [1.807, 2.05) is 46.0 Å². The van der Waals surface area contributed by atoms with Gasteiger partial charge in [-0.3, -0.25) is 25.1 Å². The molecule has 1 aromatic carbocycles. The number of thiophene rings is 1. The molecule has 0 fully saturated rings. The van der Waals surface area contributed by atoms with Gasteiger partial charge < -0.3 is 4.74 Å². The van der Waals surface area contributed by atoms with Crippen LogP contribution in [-0.4, -0.2) is 28.2 Å². The lowest BCUT2D eigenvalue weighted by Gasteiger charge is -2.09. The molecule has 136 valence electrons. The number of hydrogen-bond acceptors (Lipinski definition) is 5. The van der Waals surface area contributed by atoms with Crippen LogP contribution >= 0.6 is 11.3 Å². The zero-order valence-electron chi connectivity index (χ0n) is 15.0. The summed E-state index contributed by atoms with van der Waals surface area (Å²) in [5.41, 5.74) is 7.76. The fourth-order valence-corrected chi connectivity index (χ4v) is 3.72. The second-order valence-electron chi connectivity index (χ2n) is 6.15. The van der Waals surface area contributed by atoms with Gasteiger partial charge in [0.1, 0.15) is 10.6 Å². The van der Waals surface area contributed by atoms with Crippen molar-refractivity contribution in [2.75, 3.05) is 6.61 Å². The fraction of sp³-hybridized carbons (Fsp3) is 0.278. The van der Waals surface area contributed by atoms with Crippen LogP contribution in [0, 0.1) is 20.8 Å². The number of aryl methyl sites for hydroxylation is 4. The minimum atomic E-state index is -0.434. The predicted molar refractivity (Wildman–Crippen MR) is 100 cm³/mol. The smallest absolute Gasteiger partial charge is 0.279 e. The molecular formula is C18H20N4O3S. The number of carbonyl (C=O) groups excluding carboxylic acids is 2. The summed E-state index contributed by atoms with van der Waals surface area (Å²) in [6.07, 6.45) is 0. The largest absolute Gasteiger partial charge is 0.484 e. The van der Waals surface area contributed by atoms with Gasteiger partial charge >= 0.3 is 0 Å². The summed E-state index contributed by atoms with van der Waals surface area (Å²) < 4.78 is 7.20. The summed E-state index contributed by atoms with van der Waals surface area (Å²) in [5.74, 6) is -0.182. The van der Waals surface area contributed by atoms with Gasteiger partial charge in [-0.1, -0.05) is 6.07 Å². The molecule has 0 atom stereocenters. The van der Waals surface area contributed by atoms with Crippen molar-refractivity contribution < 1.29 is 14.3 Å². The number of hydrazine groups is 1. The molecule has 7 nitrogen and oxygen atoms in total. The Labute approximate surface area is 154 Å². The van der Waals surface area contributed by atoms with Crippen LogP contribution in [-0.2, 0) is 11.8 Å². The standard InChI is InChI=1S/C18H20N4O3S/c1-10-5-11(2)7-13(6-10)25-9-16(23)19-20-17(24)15-8-14-12(3)21-22(4)18(14)26-15/h5-8H,9H2,1-4H3,(H,19,23)(H,20,24). The van der Waals surface area contributed by atoms with Gasteiger partial charge in [0.2, 0.25) is 0 Å². The van der Waals surface area contributed by atoms with E-state index < -0.39 is 5.91 Å². The Morgan fingerprint density at radius 3 is 2.46 bits per heavy atom. The Bertz CT molecular complexity index is 935. The molecule has 3 rings (SSSR count). The van der Waals surface area contributed by atoms with E-state index in [0.717, 1.165) is 27.0 Å². The van der Waals surface area contributed by atoms with Crippen LogP contribution in [0.4, 0.5) is 0 Å². The maximum absolute atomic E-state index is 12.2. The predicted octanol–water partition coefficient (Wildman–Crippen LogP) is 2.40. The van der Waals surface area contributed by atoms with Gasteiger partial charge in [0.15, 0.2) is 6.61 Å². The maximum atomic E-state index is 12.2. The van der Waals surface area contributed by atoms with Gasteiger partial charge in [0.25, 0.3) is 11.8 Å². The summed E-state index contributed by atoms with van der Waals surface area (Å²) in [6.45, 7) is 5.63. The highest BCUT2D eigenvalue weighted by molar-refractivity contribution is 7.20. The summed E-state index contributed by atoms with van der Waals surface area (Å²) in [6, 6.07) is 7.50. The van der Waals surface area contributed by atoms with E-state index >= 15 is 0 Å². The minimum Gasteiger partial charge on any atom is -0.484 e. The number of benzene rings is 1. The van der Waals surface area contributed by atoms with Gasteiger partial charge in [-0.15, -0.1) is 11.3 Å². The number of aromatic nitrogens is 2. The first kappa shape index (κ1) is 17.9. The number of amides is 2. The Balaban J connectivity index is 1.54. The highest BCUT2D eigenvalue weighted by Crippen LogP contribution is 2.27. The third-order valence-corrected chi connectivity index (χ3v) is 5.00. The number of hydrogen-bond donors (Lipinski definition) is 2. The molecule has 2 aromatic heterocycles. The minimum absolute atomic E-state index is 0.182. The zero-order valence-corrected chi connectivity index (χ0v) is 15.9. The first-order valence-corrected chi connectivity index (χ1v) is 8.88. The molecule has 0 unspecified atom stereocenters. The lowest BCUT2D eigenvalue weighted by molar-refractivity contribution is -0.123. The summed E-state index contributed by atoms with van der Waals surface area (Å²) in [4.78, 5) is 25.5. The molecule has 26 heavy (non-hydrogen) atoms. The zero-order chi connectivity index (χ0) is 18.8. The molecular weight excluding hydrogens is 352 g/mol. The van der Waals surface area contributed by atoms with Crippen LogP contribution in [0.15, 0.2) is 24.3 Å². The number of ether oxygens (including phenoxy) is 1. The third-order valence-electron chi connectivity index (χ3n) is 3.80. The average Bonchev–Trinajstić information content (AvgIpc) is 3.12. The normalized spacial score (nSPS) is 10.8. The van der Waals surface area contributed by atoms with E-state index in [1.54, 1.807) is 10.7 Å². The lowest BCUT2D eigenvalue weighted by atomic mass is 10.1. The maximum Gasteiger partial charge on any atom is 0.279 e. The van der Waals surface area contributed by atoms with E-state index in [0.29, 0.717) is 10.6 Å². The Morgan fingerprint density at radius 1 is 1.12 bits per heavy atom. The molecule has 0 spiro atoms. The van der Waals surface area contributed by atoms with E-state index in [2.05, 4.69) is 16.0 Å². The number of carbonyl (C=O) groups is 2. The molecule has 0 saturated carbocycles. The van der Waals surface area contributed by atoms with Gasteiger partial charge in [0.05, 0.1) is 10.6 Å². The lowest BCUT2D eigenvalue weighted by Crippen LogP contribution is -2.43. The second kappa shape index (κ2) is 7.17. The SMILES string of the molecule is Cc1cc(C)cc(OCC(=O)NNC(=O)c2cc3c(C)nn(C)c3s2)c1. The highest BCUT2D eigenvalue weighted by Gasteiger charge is 2.15. The second-order valence-corrected chi connectivity index (χ2v) is 7.18. The van der Waals surface area contributed by atoms with Gasteiger partial charge in [-0.25, -0.2) is 0 Å². The molecule has 0 aliphatic carbocycles. The van der Waals surface area contributed by atoms with Crippen LogP contribution in [0.25, 0.3) is 10.2 Å². The topological polar surface area (TPSA) is 85.2 Å². The van der Waals surface area contributed by atoms with Crippen molar-refractivity contribution in [3.8, 4) is 5.75 Å². The van der Waals surface area contributed by atoms with Crippen molar-refractivity contribution in [2.45, 2.75) is 20.8 Å². The van der Waals surface area contributed by atoms with Crippen molar-refractivity contribution >= 4 is 33.4 Å². The Morgan fingerprint density at radius 2 is 1.81 bits per heavy atom. The van der Waals surface area contributed by atoms with Crippen molar-refractivity contribution in [1.29, 1.82) is 0 Å². The Hall–Kier alpha value is -2.87. The van der Waals surface area contributed by atoms with Crippen molar-refractivity contribution in [3.63, 3.8) is 0 Å². The number of fused-ring (bicyclic) bond motifs is 1. The van der Waals surface area contributed by atoms with Crippen LogP contribution in [0.3, 0.4) is 0 Å². The monoisotopic (exact) mass is 372 g/mol. The fourth-order valence-electron chi connectivity index (χ4n) is 2.71. The van der Waals surface area contributed by atoms with Gasteiger partial charge in [-0.2, -0.15) is 5.10 Å². The van der Waals surface area contributed by atoms with E-state index in [9.17, 15) is 9.59 Å². The summed E-state index contributed by atoms with van der Waals surface area (Å²) in [5, 5.41) is 5.24. The van der Waals surface area contributed by atoms with Crippen molar-refractivity contribution in [3.05, 3.63) is 46.0 Å². The molecule has 2 heterocycles. The van der Waals surface area contributed by atoms with Crippen molar-refractivity contribution in [2.24, 2.45) is 7.05 Å². The van der Waals surface area contributed by atoms with Crippen LogP contribution in [0.2, 0.25) is 0 Å². The molecule has 0 aliphatic rings. The van der Waals surface area contributed by atoms with Crippen LogP contribution in [0.5, 0.6) is 5.75 Å². The van der Waals surface area contributed by atoms with Crippen LogP contribution in [0.1, 0.15) is 26.5 Å². The summed E-state index contributed by atoms with van der Waals surface area (Å²) >= 11 is 1.32. The number of nitrogens with one attached hydrogen (secondary N) is 2. The molecule has 3 aromatic rings. The average molecular weight is 372 g/mol. The first-order valence-electron chi connectivity index (χ1n) is 8.07. The first-order chi connectivity index (χ1) is 12.3. The molecule has 0 saturated heterocycles. The van der Waals surface area contributed by atoms with Gasteiger partial charge in [-0.05, 0) is 50.1 Å². The number of rotatable bonds is 4. The van der Waals surface area contributed by atoms with Crippen LogP contribution < -0.4 is 15.6 Å². The molecule has 0 radical (unpaired) electrons. The number of nitrogens with zero attached hydrogens (tertiary/aromatic N) is 2. The van der Waals surface area contributed by atoms with Gasteiger partial charge in [0, 0.05) is 12.4 Å². The third kappa shape index (κ3) is 3.85. The Kier molecular flexibility index (Phi) is 4.94. The van der Waals surface area contributed by atoms with E-state index in [1.165, 1.54) is 11.3 Å². The van der Waals surface area contributed by atoms with E-state index in [-0.39, 0.29) is 12.5 Å². The summed E-state index contributed by atoms with van der Waals surface area (Å²) in [7, 11) is 1.83. The van der Waals surface area contributed by atoms with E-state index in [4.69, 9.17) is 4.74 Å². The van der Waals surface area contributed by atoms with Crippen molar-refractivity contribution in [1.82, 2.24) is 20.6 Å². The molecule has 0 bridgehead atoms. The quantitative estimate of drug-likeness (QED) is 0.689. The molecule has 2 N–H and O–H groups in total.